The first-order chi connectivity index (χ1) is 9.06. The second-order valence-electron chi connectivity index (χ2n) is 5.06. The fraction of sp³-hybridized carbons (Fsp3) is 0.462. The molecule has 0 saturated carbocycles. The Balaban J connectivity index is 1.95. The number of anilines is 1. The summed E-state index contributed by atoms with van der Waals surface area (Å²) < 4.78 is 3.91. The van der Waals surface area contributed by atoms with E-state index in [4.69, 9.17) is 0 Å². The summed E-state index contributed by atoms with van der Waals surface area (Å²) in [6.07, 6.45) is 3.92. The third-order valence-corrected chi connectivity index (χ3v) is 3.34. The number of nitrogens with zero attached hydrogens (tertiary/aromatic N) is 5. The first-order valence-corrected chi connectivity index (χ1v) is 6.47. The number of carbonyl (C=O) groups excluding carboxylic acids is 1. The van der Waals surface area contributed by atoms with Crippen molar-refractivity contribution in [2.45, 2.75) is 33.4 Å². The third-order valence-electron chi connectivity index (χ3n) is 3.34. The van der Waals surface area contributed by atoms with Gasteiger partial charge >= 0.3 is 0 Å². The van der Waals surface area contributed by atoms with Gasteiger partial charge in [-0.25, -0.2) is 4.98 Å². The van der Waals surface area contributed by atoms with Gasteiger partial charge in [0.05, 0.1) is 0 Å². The number of aromatic nitrogens is 4. The minimum Gasteiger partial charge on any atom is -0.314 e. The van der Waals surface area contributed by atoms with E-state index >= 15 is 0 Å². The van der Waals surface area contributed by atoms with E-state index in [2.05, 4.69) is 23.9 Å². The van der Waals surface area contributed by atoms with Gasteiger partial charge in [-0.15, -0.1) is 0 Å². The fourth-order valence-corrected chi connectivity index (χ4v) is 2.28. The molecule has 2 aromatic rings. The van der Waals surface area contributed by atoms with Crippen LogP contribution in [-0.4, -0.2) is 31.8 Å². The highest BCUT2D eigenvalue weighted by molar-refractivity contribution is 5.90. The van der Waals surface area contributed by atoms with Crippen LogP contribution in [0.25, 0.3) is 11.4 Å². The van der Waals surface area contributed by atoms with Crippen molar-refractivity contribution in [1.29, 1.82) is 0 Å². The summed E-state index contributed by atoms with van der Waals surface area (Å²) >= 11 is 0. The van der Waals surface area contributed by atoms with Crippen LogP contribution in [0.4, 0.5) is 5.95 Å². The molecule has 0 saturated heterocycles. The maximum atomic E-state index is 11.5. The topological polar surface area (TPSA) is 56.0 Å². The van der Waals surface area contributed by atoms with Gasteiger partial charge in [-0.1, -0.05) is 0 Å². The van der Waals surface area contributed by atoms with Crippen LogP contribution in [-0.2, 0) is 11.3 Å². The molecular formula is C13H17N5O. The van der Waals surface area contributed by atoms with Gasteiger partial charge in [-0.3, -0.25) is 14.4 Å². The molecular weight excluding hydrogens is 242 g/mol. The van der Waals surface area contributed by atoms with Gasteiger partial charge in [0.2, 0.25) is 11.9 Å². The van der Waals surface area contributed by atoms with Crippen molar-refractivity contribution in [3.05, 3.63) is 18.5 Å². The number of fused-ring (bicyclic) bond motifs is 1. The smallest absolute Gasteiger partial charge is 0.226 e. The molecule has 19 heavy (non-hydrogen) atoms. The summed E-state index contributed by atoms with van der Waals surface area (Å²) in [4.78, 5) is 17.7. The summed E-state index contributed by atoms with van der Waals surface area (Å²) in [6.45, 7) is 7.24. The van der Waals surface area contributed by atoms with Crippen molar-refractivity contribution in [1.82, 2.24) is 19.3 Å². The molecule has 3 heterocycles. The van der Waals surface area contributed by atoms with E-state index in [0.29, 0.717) is 12.6 Å². The van der Waals surface area contributed by atoms with Crippen molar-refractivity contribution in [2.75, 3.05) is 11.4 Å². The van der Waals surface area contributed by atoms with Gasteiger partial charge in [0.1, 0.15) is 11.4 Å². The molecule has 3 rings (SSSR count). The molecule has 0 radical (unpaired) electrons. The minimum absolute atomic E-state index is 0.0311. The molecule has 0 fully saturated rings. The van der Waals surface area contributed by atoms with Crippen molar-refractivity contribution < 1.29 is 4.79 Å². The van der Waals surface area contributed by atoms with E-state index in [-0.39, 0.29) is 5.91 Å². The highest BCUT2D eigenvalue weighted by atomic mass is 16.2. The maximum absolute atomic E-state index is 11.5. The van der Waals surface area contributed by atoms with Gasteiger partial charge in [0.25, 0.3) is 0 Å². The zero-order valence-corrected chi connectivity index (χ0v) is 11.4. The van der Waals surface area contributed by atoms with E-state index < -0.39 is 0 Å². The van der Waals surface area contributed by atoms with E-state index in [9.17, 15) is 4.79 Å². The standard InChI is InChI=1S/C13H17N5O/c1-9(2)18-5-4-11(15-18)12-8-16-6-7-17(10(3)19)13(16)14-12/h4-5,8-9H,6-7H2,1-3H3. The van der Waals surface area contributed by atoms with Gasteiger partial charge in [0.15, 0.2) is 0 Å². The fourth-order valence-electron chi connectivity index (χ4n) is 2.28. The summed E-state index contributed by atoms with van der Waals surface area (Å²) in [7, 11) is 0. The summed E-state index contributed by atoms with van der Waals surface area (Å²) in [5, 5.41) is 4.50. The molecule has 6 nitrogen and oxygen atoms in total. The first-order valence-electron chi connectivity index (χ1n) is 6.47. The Kier molecular flexibility index (Phi) is 2.66. The van der Waals surface area contributed by atoms with E-state index in [1.165, 1.54) is 0 Å². The van der Waals surface area contributed by atoms with E-state index in [0.717, 1.165) is 23.9 Å². The summed E-state index contributed by atoms with van der Waals surface area (Å²) in [5.74, 6) is 0.755. The van der Waals surface area contributed by atoms with Gasteiger partial charge < -0.3 is 4.57 Å². The van der Waals surface area contributed by atoms with Crippen LogP contribution in [0.3, 0.4) is 0 Å². The number of imidazole rings is 1. The first kappa shape index (κ1) is 12.0. The SMILES string of the molecule is CC(=O)N1CCn2cc(-c3ccn(C(C)C)n3)nc21. The molecule has 0 bridgehead atoms. The molecule has 100 valence electrons. The van der Waals surface area contributed by atoms with Gasteiger partial charge in [-0.05, 0) is 19.9 Å². The molecule has 1 amide bonds. The van der Waals surface area contributed by atoms with E-state index in [1.54, 1.807) is 11.8 Å². The lowest BCUT2D eigenvalue weighted by molar-refractivity contribution is -0.116. The Labute approximate surface area is 111 Å². The maximum Gasteiger partial charge on any atom is 0.226 e. The Morgan fingerprint density at radius 1 is 1.32 bits per heavy atom. The summed E-state index contributed by atoms with van der Waals surface area (Å²) in [5.41, 5.74) is 1.67. The number of hydrogen-bond donors (Lipinski definition) is 0. The molecule has 1 aliphatic rings. The van der Waals surface area contributed by atoms with Crippen molar-refractivity contribution in [3.8, 4) is 11.4 Å². The average molecular weight is 259 g/mol. The second-order valence-corrected chi connectivity index (χ2v) is 5.06. The monoisotopic (exact) mass is 259 g/mol. The average Bonchev–Trinajstić information content (AvgIpc) is 3.02. The van der Waals surface area contributed by atoms with E-state index in [1.807, 2.05) is 27.7 Å². The third kappa shape index (κ3) is 1.93. The van der Waals surface area contributed by atoms with Crippen LogP contribution in [0.2, 0.25) is 0 Å². The van der Waals surface area contributed by atoms with Crippen LogP contribution in [0.15, 0.2) is 18.5 Å². The molecule has 0 spiro atoms. The number of hydrogen-bond acceptors (Lipinski definition) is 3. The highest BCUT2D eigenvalue weighted by Crippen LogP contribution is 2.26. The summed E-state index contributed by atoms with van der Waals surface area (Å²) in [6, 6.07) is 2.29. The molecule has 0 N–H and O–H groups in total. The molecule has 0 aromatic carbocycles. The van der Waals surface area contributed by atoms with Crippen LogP contribution in [0.5, 0.6) is 0 Å². The number of amides is 1. The molecule has 6 heteroatoms. The van der Waals surface area contributed by atoms with Crippen molar-refractivity contribution >= 4 is 11.9 Å². The molecule has 0 unspecified atom stereocenters. The molecule has 0 aliphatic carbocycles. The second kappa shape index (κ2) is 4.22. The Bertz CT molecular complexity index is 625. The lowest BCUT2D eigenvalue weighted by Gasteiger charge is -2.09. The largest absolute Gasteiger partial charge is 0.314 e. The quantitative estimate of drug-likeness (QED) is 0.824. The number of carbonyl (C=O) groups is 1. The Morgan fingerprint density at radius 2 is 2.11 bits per heavy atom. The van der Waals surface area contributed by atoms with Crippen molar-refractivity contribution in [3.63, 3.8) is 0 Å². The molecule has 2 aromatic heterocycles. The molecule has 1 aliphatic heterocycles. The number of rotatable bonds is 2. The Hall–Kier alpha value is -2.11. The Morgan fingerprint density at radius 3 is 2.74 bits per heavy atom. The van der Waals surface area contributed by atoms with Crippen LogP contribution < -0.4 is 4.90 Å². The molecule has 0 atom stereocenters. The van der Waals surface area contributed by atoms with Crippen molar-refractivity contribution in [2.24, 2.45) is 0 Å². The van der Waals surface area contributed by atoms with Crippen LogP contribution in [0, 0.1) is 0 Å². The van der Waals surface area contributed by atoms with Crippen LogP contribution >= 0.6 is 0 Å². The van der Waals surface area contributed by atoms with Gasteiger partial charge in [-0.2, -0.15) is 5.10 Å². The highest BCUT2D eigenvalue weighted by Gasteiger charge is 2.25. The zero-order valence-electron chi connectivity index (χ0n) is 11.4. The zero-order chi connectivity index (χ0) is 13.6. The predicted molar refractivity (Wildman–Crippen MR) is 71.9 cm³/mol. The van der Waals surface area contributed by atoms with Crippen LogP contribution in [0.1, 0.15) is 26.8 Å². The van der Waals surface area contributed by atoms with Gasteiger partial charge in [0, 0.05) is 38.4 Å². The normalized spacial score (nSPS) is 14.2. The minimum atomic E-state index is 0.0311. The lowest BCUT2D eigenvalue weighted by atomic mass is 10.3. The lowest BCUT2D eigenvalue weighted by Crippen LogP contribution is -2.26. The predicted octanol–water partition coefficient (Wildman–Crippen LogP) is 1.69.